The number of quaternary nitrogens is 1. The molecule has 318 valence electrons. The molecule has 0 saturated heterocycles. The van der Waals surface area contributed by atoms with Gasteiger partial charge in [-0.2, -0.15) is 0 Å². The highest BCUT2D eigenvalue weighted by molar-refractivity contribution is 5.88. The van der Waals surface area contributed by atoms with Crippen LogP contribution in [0.5, 0.6) is 0 Å². The normalized spacial score (nSPS) is 11.6. The van der Waals surface area contributed by atoms with Gasteiger partial charge in [-0.1, -0.05) is 220 Å². The third kappa shape index (κ3) is 41.6. The average Bonchev–Trinajstić information content (AvgIpc) is 3.15. The van der Waals surface area contributed by atoms with Crippen LogP contribution < -0.4 is 24.0 Å². The molecule has 0 aromatic carbocycles. The van der Waals surface area contributed by atoms with Gasteiger partial charge in [0.1, 0.15) is 0 Å². The number of halogens is 1. The number of ketones is 1. The lowest BCUT2D eigenvalue weighted by Gasteiger charge is -2.40. The van der Waals surface area contributed by atoms with E-state index in [1.54, 1.807) is 0 Å². The highest BCUT2D eigenvalue weighted by Gasteiger charge is 2.25. The Kier molecular flexibility index (Phi) is 48.4. The van der Waals surface area contributed by atoms with Crippen LogP contribution in [0.3, 0.4) is 0 Å². The van der Waals surface area contributed by atoms with E-state index in [0.29, 0.717) is 6.42 Å². The first-order valence-corrected chi connectivity index (χ1v) is 24.6. The van der Waals surface area contributed by atoms with Crippen LogP contribution in [0, 0.1) is 0 Å². The van der Waals surface area contributed by atoms with Crippen molar-refractivity contribution in [3.05, 3.63) is 12.7 Å². The highest BCUT2D eigenvalue weighted by Crippen LogP contribution is 2.22. The van der Waals surface area contributed by atoms with Crippen molar-refractivity contribution in [2.45, 2.75) is 278 Å². The van der Waals surface area contributed by atoms with E-state index in [0.717, 1.165) is 6.42 Å². The maximum atomic E-state index is 11.4. The lowest BCUT2D eigenvalue weighted by molar-refractivity contribution is -0.929. The van der Waals surface area contributed by atoms with Crippen molar-refractivity contribution in [2.75, 3.05) is 26.2 Å². The molecule has 0 radical (unpaired) electrons. The molecule has 0 atom stereocenters. The molecule has 0 N–H and O–H groups in total. The molecule has 0 amide bonds. The fourth-order valence-electron chi connectivity index (χ4n) is 8.56. The van der Waals surface area contributed by atoms with E-state index >= 15 is 0 Å². The lowest BCUT2D eigenvalue weighted by atomic mass is 10.0. The van der Waals surface area contributed by atoms with Crippen molar-refractivity contribution in [1.29, 1.82) is 0 Å². The van der Waals surface area contributed by atoms with E-state index in [2.05, 4.69) is 27.4 Å². The minimum absolute atomic E-state index is 0. The SMILES string of the molecule is C=CC(=O)CCCCCCCCCCC[N+](CCCCCCCCCCCC)(CCCCCCCCCCCC)CCCCCCCCCCCC.[I-]. The minimum Gasteiger partial charge on any atom is -1.00 e. The van der Waals surface area contributed by atoms with Gasteiger partial charge >= 0.3 is 0 Å². The molecule has 0 aliphatic rings. The van der Waals surface area contributed by atoms with Gasteiger partial charge in [-0.3, -0.25) is 4.79 Å². The summed E-state index contributed by atoms with van der Waals surface area (Å²) in [5.74, 6) is 0.212. The second-order valence-electron chi connectivity index (χ2n) is 17.4. The number of hydrogen-bond donors (Lipinski definition) is 0. The summed E-state index contributed by atoms with van der Waals surface area (Å²) in [7, 11) is 0. The van der Waals surface area contributed by atoms with Gasteiger partial charge in [0.2, 0.25) is 0 Å². The first-order chi connectivity index (χ1) is 25.6. The summed E-state index contributed by atoms with van der Waals surface area (Å²) in [5, 5.41) is 0. The smallest absolute Gasteiger partial charge is 0.155 e. The fourth-order valence-corrected chi connectivity index (χ4v) is 8.56. The first kappa shape index (κ1) is 55.2. The number of carbonyl (C=O) groups is 1. The zero-order chi connectivity index (χ0) is 37.9. The monoisotopic (exact) mass is 858 g/mol. The Balaban J connectivity index is 0. The van der Waals surface area contributed by atoms with Crippen molar-refractivity contribution in [1.82, 2.24) is 0 Å². The maximum Gasteiger partial charge on any atom is 0.155 e. The first-order valence-electron chi connectivity index (χ1n) is 24.6. The molecule has 53 heavy (non-hydrogen) atoms. The molecular formula is C50H100INO. The van der Waals surface area contributed by atoms with E-state index in [1.165, 1.54) is 281 Å². The van der Waals surface area contributed by atoms with Crippen molar-refractivity contribution >= 4 is 5.78 Å². The molecule has 0 rings (SSSR count). The Bertz CT molecular complexity index is 648. The van der Waals surface area contributed by atoms with Gasteiger partial charge in [0.15, 0.2) is 5.78 Å². The molecule has 0 aliphatic heterocycles. The zero-order valence-electron chi connectivity index (χ0n) is 37.1. The van der Waals surface area contributed by atoms with Crippen LogP contribution in [0.4, 0.5) is 0 Å². The van der Waals surface area contributed by atoms with Crippen LogP contribution >= 0.6 is 0 Å². The molecule has 0 aromatic rings. The van der Waals surface area contributed by atoms with Crippen LogP contribution in [0.2, 0.25) is 0 Å². The van der Waals surface area contributed by atoms with Gasteiger partial charge in [0, 0.05) is 6.42 Å². The Hall–Kier alpha value is 0.1000. The molecule has 0 spiro atoms. The molecule has 2 nitrogen and oxygen atoms in total. The van der Waals surface area contributed by atoms with Crippen molar-refractivity contribution in [2.24, 2.45) is 0 Å². The van der Waals surface area contributed by atoms with Gasteiger partial charge < -0.3 is 28.5 Å². The quantitative estimate of drug-likeness (QED) is 0.0258. The van der Waals surface area contributed by atoms with Gasteiger partial charge in [-0.15, -0.1) is 0 Å². The molecular weight excluding hydrogens is 757 g/mol. The minimum atomic E-state index is 0. The lowest BCUT2D eigenvalue weighted by Crippen LogP contribution is -3.00. The van der Waals surface area contributed by atoms with Crippen LogP contribution in [-0.2, 0) is 4.79 Å². The van der Waals surface area contributed by atoms with Gasteiger partial charge in [0.25, 0.3) is 0 Å². The van der Waals surface area contributed by atoms with E-state index in [9.17, 15) is 4.79 Å². The molecule has 3 heteroatoms. The van der Waals surface area contributed by atoms with Gasteiger partial charge in [-0.05, 0) is 63.9 Å². The molecule has 0 saturated carbocycles. The van der Waals surface area contributed by atoms with E-state index < -0.39 is 0 Å². The number of nitrogens with zero attached hydrogens (tertiary/aromatic N) is 1. The summed E-state index contributed by atoms with van der Waals surface area (Å²) in [4.78, 5) is 11.4. The fraction of sp³-hybridized carbons (Fsp3) is 0.940. The van der Waals surface area contributed by atoms with Crippen LogP contribution in [0.1, 0.15) is 278 Å². The summed E-state index contributed by atoms with van der Waals surface area (Å²) in [6.07, 6.45) is 57.7. The third-order valence-corrected chi connectivity index (χ3v) is 12.2. The molecule has 0 unspecified atom stereocenters. The summed E-state index contributed by atoms with van der Waals surface area (Å²) in [6.45, 7) is 16.4. The second-order valence-corrected chi connectivity index (χ2v) is 17.4. The number of carbonyl (C=O) groups excluding carboxylic acids is 1. The molecule has 0 bridgehead atoms. The van der Waals surface area contributed by atoms with Crippen LogP contribution in [0.15, 0.2) is 12.7 Å². The Morgan fingerprint density at radius 2 is 0.528 bits per heavy atom. The topological polar surface area (TPSA) is 17.1 Å². The Labute approximate surface area is 353 Å². The number of allylic oxidation sites excluding steroid dienone is 1. The molecule has 0 heterocycles. The largest absolute Gasteiger partial charge is 1.00 e. The Morgan fingerprint density at radius 3 is 0.736 bits per heavy atom. The van der Waals surface area contributed by atoms with E-state index in [1.807, 2.05) is 0 Å². The zero-order valence-corrected chi connectivity index (χ0v) is 39.3. The standard InChI is InChI=1S/C50H100NO.HI/c1-5-9-12-15-18-21-26-31-36-41-46-51(47-42-37-32-27-22-19-16-13-10-6-2,48-43-38-33-28-23-20-17-14-11-7-3)49-44-39-34-29-24-25-30-35-40-45-50(52)8-4;/h8H,4-7,9-49H2,1-3H3;1H/q+1;/p-1. The number of unbranched alkanes of at least 4 members (excludes halogenated alkanes) is 35. The van der Waals surface area contributed by atoms with Crippen LogP contribution in [0.25, 0.3) is 0 Å². The van der Waals surface area contributed by atoms with Gasteiger partial charge in [-0.25, -0.2) is 0 Å². The third-order valence-electron chi connectivity index (χ3n) is 12.2. The van der Waals surface area contributed by atoms with E-state index in [4.69, 9.17) is 0 Å². The summed E-state index contributed by atoms with van der Waals surface area (Å²) in [6, 6.07) is 0. The predicted octanol–water partition coefficient (Wildman–Crippen LogP) is 14.2. The predicted molar refractivity (Wildman–Crippen MR) is 237 cm³/mol. The highest BCUT2D eigenvalue weighted by atomic mass is 127. The van der Waals surface area contributed by atoms with Crippen molar-refractivity contribution in [3.63, 3.8) is 0 Å². The molecule has 0 aromatic heterocycles. The molecule has 0 fully saturated rings. The summed E-state index contributed by atoms with van der Waals surface area (Å²) >= 11 is 0. The van der Waals surface area contributed by atoms with Crippen molar-refractivity contribution < 1.29 is 33.3 Å². The second kappa shape index (κ2) is 46.5. The van der Waals surface area contributed by atoms with Gasteiger partial charge in [0.05, 0.1) is 26.2 Å². The summed E-state index contributed by atoms with van der Waals surface area (Å²) in [5.41, 5.74) is 0. The molecule has 0 aliphatic carbocycles. The number of hydrogen-bond acceptors (Lipinski definition) is 1. The Morgan fingerprint density at radius 1 is 0.340 bits per heavy atom. The van der Waals surface area contributed by atoms with E-state index in [-0.39, 0.29) is 29.8 Å². The van der Waals surface area contributed by atoms with Crippen molar-refractivity contribution in [3.8, 4) is 0 Å². The van der Waals surface area contributed by atoms with Crippen LogP contribution in [-0.4, -0.2) is 36.4 Å². The number of rotatable bonds is 46. The maximum absolute atomic E-state index is 11.4. The average molecular weight is 858 g/mol. The summed E-state index contributed by atoms with van der Waals surface area (Å²) < 4.78 is 1.45.